The minimum atomic E-state index is -0.903. The zero-order valence-electron chi connectivity index (χ0n) is 11.7. The number of hydrogen-bond acceptors (Lipinski definition) is 4. The number of nitrogens with zero attached hydrogens (tertiary/aromatic N) is 1. The number of imide groups is 1. The predicted molar refractivity (Wildman–Crippen MR) is 80.7 cm³/mol. The number of carbonyl (C=O) groups is 2. The summed E-state index contributed by atoms with van der Waals surface area (Å²) in [5.41, 5.74) is -0.142. The average molecular weight is 330 g/mol. The van der Waals surface area contributed by atoms with E-state index in [4.69, 9.17) is 32.7 Å². The van der Waals surface area contributed by atoms with Crippen LogP contribution in [0.1, 0.15) is 26.3 Å². The fraction of sp³-hybridized carbons (Fsp3) is 0.286. The van der Waals surface area contributed by atoms with Crippen molar-refractivity contribution in [2.75, 3.05) is 4.90 Å². The van der Waals surface area contributed by atoms with Gasteiger partial charge in [-0.05, 0) is 32.9 Å². The molecule has 1 aromatic carbocycles. The van der Waals surface area contributed by atoms with Gasteiger partial charge in [0.1, 0.15) is 11.4 Å². The molecule has 0 unspecified atom stereocenters. The first-order valence-corrected chi connectivity index (χ1v) is 6.79. The highest BCUT2D eigenvalue weighted by atomic mass is 35.5. The normalized spacial score (nSPS) is 14.6. The first-order valence-electron chi connectivity index (χ1n) is 6.03. The van der Waals surface area contributed by atoms with E-state index in [1.807, 2.05) is 0 Å². The molecule has 0 spiro atoms. The van der Waals surface area contributed by atoms with Crippen LogP contribution in [0, 0.1) is 0 Å². The van der Waals surface area contributed by atoms with Crippen molar-refractivity contribution in [3.8, 4) is 0 Å². The van der Waals surface area contributed by atoms with Crippen LogP contribution in [0.15, 0.2) is 18.7 Å². The number of halogens is 2. The molecule has 0 fully saturated rings. The average Bonchev–Trinajstić information content (AvgIpc) is 2.29. The van der Waals surface area contributed by atoms with E-state index in [1.165, 1.54) is 12.1 Å². The van der Waals surface area contributed by atoms with Crippen molar-refractivity contribution < 1.29 is 19.1 Å². The summed E-state index contributed by atoms with van der Waals surface area (Å²) in [5.74, 6) is 0.0911. The van der Waals surface area contributed by atoms with Gasteiger partial charge in [-0.1, -0.05) is 29.8 Å². The molecule has 0 saturated heterocycles. The molecule has 1 aliphatic heterocycles. The zero-order chi connectivity index (χ0) is 15.9. The fourth-order valence-corrected chi connectivity index (χ4v) is 2.05. The molecule has 0 atom stereocenters. The summed E-state index contributed by atoms with van der Waals surface area (Å²) in [4.78, 5) is 24.9. The third-order valence-electron chi connectivity index (χ3n) is 2.55. The van der Waals surface area contributed by atoms with Crippen molar-refractivity contribution in [3.63, 3.8) is 0 Å². The number of ether oxygens (including phenoxy) is 2. The van der Waals surface area contributed by atoms with E-state index in [0.29, 0.717) is 5.56 Å². The zero-order valence-corrected chi connectivity index (χ0v) is 13.2. The summed E-state index contributed by atoms with van der Waals surface area (Å²) in [6.07, 6.45) is -1.76. The Balaban J connectivity index is 2.51. The maximum Gasteiger partial charge on any atom is 0.429 e. The Morgan fingerprint density at radius 1 is 1.29 bits per heavy atom. The monoisotopic (exact) mass is 329 g/mol. The van der Waals surface area contributed by atoms with Crippen LogP contribution in [0.25, 0.3) is 5.76 Å². The van der Waals surface area contributed by atoms with Crippen molar-refractivity contribution in [1.82, 2.24) is 0 Å². The molecule has 0 aromatic heterocycles. The van der Waals surface area contributed by atoms with Crippen LogP contribution in [-0.2, 0) is 9.47 Å². The largest absolute Gasteiger partial charge is 0.443 e. The number of anilines is 1. The second-order valence-electron chi connectivity index (χ2n) is 5.39. The van der Waals surface area contributed by atoms with Crippen LogP contribution >= 0.6 is 23.2 Å². The number of rotatable bonds is 0. The van der Waals surface area contributed by atoms with E-state index >= 15 is 0 Å². The summed E-state index contributed by atoms with van der Waals surface area (Å²) in [6, 6.07) is 2.88. The number of cyclic esters (lactones) is 1. The highest BCUT2D eigenvalue weighted by Gasteiger charge is 2.37. The highest BCUT2D eigenvalue weighted by molar-refractivity contribution is 6.42. The second-order valence-corrected chi connectivity index (χ2v) is 6.20. The number of benzene rings is 1. The lowest BCUT2D eigenvalue weighted by Crippen LogP contribution is -2.43. The molecule has 1 aromatic rings. The minimum Gasteiger partial charge on any atom is -0.443 e. The Bertz CT molecular complexity index is 649. The van der Waals surface area contributed by atoms with Crippen molar-refractivity contribution >= 4 is 46.8 Å². The quantitative estimate of drug-likeness (QED) is 0.682. The minimum absolute atomic E-state index is 0.0911. The van der Waals surface area contributed by atoms with E-state index in [-0.39, 0.29) is 21.5 Å². The fourth-order valence-electron chi connectivity index (χ4n) is 1.73. The summed E-state index contributed by atoms with van der Waals surface area (Å²) >= 11 is 11.9. The van der Waals surface area contributed by atoms with Crippen molar-refractivity contribution in [2.24, 2.45) is 0 Å². The van der Waals surface area contributed by atoms with Crippen molar-refractivity contribution in [2.45, 2.75) is 26.4 Å². The SMILES string of the molecule is C=C1OC(=O)N(C(=O)OC(C)(C)C)c2cc(Cl)c(Cl)cc21. The van der Waals surface area contributed by atoms with Gasteiger partial charge in [0.05, 0.1) is 15.7 Å². The summed E-state index contributed by atoms with van der Waals surface area (Å²) < 4.78 is 10.1. The first-order chi connectivity index (χ1) is 9.60. The van der Waals surface area contributed by atoms with Gasteiger partial charge in [0, 0.05) is 5.56 Å². The molecule has 2 rings (SSSR count). The van der Waals surface area contributed by atoms with Gasteiger partial charge in [-0.15, -0.1) is 0 Å². The standard InChI is InChI=1S/C14H13Cl2NO4/c1-7-8-5-9(15)10(16)6-11(8)17(12(18)20-7)13(19)21-14(2,3)4/h5-6H,1H2,2-4H3. The molecule has 0 aliphatic carbocycles. The van der Waals surface area contributed by atoms with E-state index in [1.54, 1.807) is 20.8 Å². The van der Waals surface area contributed by atoms with E-state index in [2.05, 4.69) is 6.58 Å². The summed E-state index contributed by atoms with van der Waals surface area (Å²) in [6.45, 7) is 8.69. The molecule has 2 amide bonds. The van der Waals surface area contributed by atoms with Gasteiger partial charge in [-0.3, -0.25) is 0 Å². The molecule has 1 heterocycles. The van der Waals surface area contributed by atoms with Crippen LogP contribution in [0.2, 0.25) is 10.0 Å². The highest BCUT2D eigenvalue weighted by Crippen LogP contribution is 2.39. The number of fused-ring (bicyclic) bond motifs is 1. The van der Waals surface area contributed by atoms with Gasteiger partial charge in [0.2, 0.25) is 0 Å². The van der Waals surface area contributed by atoms with Gasteiger partial charge in [0.15, 0.2) is 0 Å². The molecule has 0 bridgehead atoms. The molecule has 1 aliphatic rings. The smallest absolute Gasteiger partial charge is 0.429 e. The Labute approximate surface area is 132 Å². The van der Waals surface area contributed by atoms with Gasteiger partial charge < -0.3 is 9.47 Å². The molecule has 21 heavy (non-hydrogen) atoms. The van der Waals surface area contributed by atoms with E-state index in [9.17, 15) is 9.59 Å². The van der Waals surface area contributed by atoms with Gasteiger partial charge in [-0.2, -0.15) is 4.90 Å². The lowest BCUT2D eigenvalue weighted by atomic mass is 10.1. The van der Waals surface area contributed by atoms with Gasteiger partial charge in [-0.25, -0.2) is 9.59 Å². The number of carbonyl (C=O) groups excluding carboxylic acids is 2. The Hall–Kier alpha value is -1.72. The van der Waals surface area contributed by atoms with Gasteiger partial charge in [0.25, 0.3) is 0 Å². The second kappa shape index (κ2) is 5.24. The molecular formula is C14H13Cl2NO4. The maximum atomic E-state index is 12.2. The number of hydrogen-bond donors (Lipinski definition) is 0. The first kappa shape index (κ1) is 15.7. The summed E-state index contributed by atoms with van der Waals surface area (Å²) in [5, 5.41) is 0.463. The lowest BCUT2D eigenvalue weighted by Gasteiger charge is -2.30. The Kier molecular flexibility index (Phi) is 3.91. The van der Waals surface area contributed by atoms with E-state index in [0.717, 1.165) is 4.90 Å². The van der Waals surface area contributed by atoms with Gasteiger partial charge >= 0.3 is 12.2 Å². The molecule has 112 valence electrons. The third-order valence-corrected chi connectivity index (χ3v) is 3.27. The topological polar surface area (TPSA) is 55.8 Å². The maximum absolute atomic E-state index is 12.2. The lowest BCUT2D eigenvalue weighted by molar-refractivity contribution is 0.0579. The summed E-state index contributed by atoms with van der Waals surface area (Å²) in [7, 11) is 0. The molecule has 0 radical (unpaired) electrons. The van der Waals surface area contributed by atoms with Crippen LogP contribution in [0.5, 0.6) is 0 Å². The van der Waals surface area contributed by atoms with Crippen LogP contribution < -0.4 is 4.90 Å². The van der Waals surface area contributed by atoms with Crippen LogP contribution in [0.4, 0.5) is 15.3 Å². The Morgan fingerprint density at radius 2 is 1.86 bits per heavy atom. The van der Waals surface area contributed by atoms with Crippen LogP contribution in [-0.4, -0.2) is 17.8 Å². The molecule has 5 nitrogen and oxygen atoms in total. The third kappa shape index (κ3) is 3.14. The van der Waals surface area contributed by atoms with Crippen molar-refractivity contribution in [1.29, 1.82) is 0 Å². The Morgan fingerprint density at radius 3 is 2.43 bits per heavy atom. The molecule has 0 saturated carbocycles. The van der Waals surface area contributed by atoms with Crippen molar-refractivity contribution in [3.05, 3.63) is 34.3 Å². The van der Waals surface area contributed by atoms with E-state index < -0.39 is 17.8 Å². The van der Waals surface area contributed by atoms with Crippen LogP contribution in [0.3, 0.4) is 0 Å². The molecule has 0 N–H and O–H groups in total. The number of amides is 2. The predicted octanol–water partition coefficient (Wildman–Crippen LogP) is 4.86. The molecule has 7 heteroatoms. The molecular weight excluding hydrogens is 317 g/mol.